The Morgan fingerprint density at radius 2 is 2.45 bits per heavy atom. The van der Waals surface area contributed by atoms with Crippen molar-refractivity contribution < 1.29 is 9.53 Å². The number of nitrogens with one attached hydrogen (secondary N) is 1. The standard InChI is InChI=1S/C8H13NO2/c1-6(2)9-8(10)7-4-3-5-11-7/h7H,1,3-5H2,2H3,(H,9,10). The first-order valence-corrected chi connectivity index (χ1v) is 3.78. The maximum absolute atomic E-state index is 11.2. The zero-order chi connectivity index (χ0) is 8.27. The van der Waals surface area contributed by atoms with E-state index in [-0.39, 0.29) is 12.0 Å². The van der Waals surface area contributed by atoms with Crippen LogP contribution in [0.5, 0.6) is 0 Å². The van der Waals surface area contributed by atoms with Gasteiger partial charge < -0.3 is 10.1 Å². The molecule has 1 amide bonds. The SMILES string of the molecule is C=C(C)NC(=O)C1CCCO1. The van der Waals surface area contributed by atoms with E-state index in [0.29, 0.717) is 12.3 Å². The average molecular weight is 155 g/mol. The highest BCUT2D eigenvalue weighted by Gasteiger charge is 2.22. The Bertz CT molecular complexity index is 171. The molecule has 62 valence electrons. The Morgan fingerprint density at radius 1 is 1.73 bits per heavy atom. The molecule has 1 heterocycles. The Balaban J connectivity index is 2.34. The zero-order valence-electron chi connectivity index (χ0n) is 6.72. The lowest BCUT2D eigenvalue weighted by molar-refractivity contribution is -0.129. The number of hydrogen-bond acceptors (Lipinski definition) is 2. The van der Waals surface area contributed by atoms with E-state index in [1.54, 1.807) is 6.92 Å². The number of amides is 1. The van der Waals surface area contributed by atoms with Crippen molar-refractivity contribution in [3.8, 4) is 0 Å². The molecule has 0 saturated carbocycles. The molecular weight excluding hydrogens is 142 g/mol. The maximum atomic E-state index is 11.2. The van der Waals surface area contributed by atoms with Crippen LogP contribution >= 0.6 is 0 Å². The molecular formula is C8H13NO2. The first kappa shape index (κ1) is 8.27. The molecule has 0 radical (unpaired) electrons. The van der Waals surface area contributed by atoms with Crippen LogP contribution in [-0.4, -0.2) is 18.6 Å². The van der Waals surface area contributed by atoms with Crippen molar-refractivity contribution >= 4 is 5.91 Å². The fourth-order valence-electron chi connectivity index (χ4n) is 1.08. The topological polar surface area (TPSA) is 38.3 Å². The van der Waals surface area contributed by atoms with Gasteiger partial charge in [0.1, 0.15) is 6.10 Å². The molecule has 1 aliphatic heterocycles. The predicted molar refractivity (Wildman–Crippen MR) is 41.9 cm³/mol. The summed E-state index contributed by atoms with van der Waals surface area (Å²) in [7, 11) is 0. The van der Waals surface area contributed by atoms with Crippen molar-refractivity contribution in [3.63, 3.8) is 0 Å². The minimum absolute atomic E-state index is 0.0602. The molecule has 0 aliphatic carbocycles. The van der Waals surface area contributed by atoms with E-state index in [1.165, 1.54) is 0 Å². The van der Waals surface area contributed by atoms with Gasteiger partial charge in [0.15, 0.2) is 0 Å². The van der Waals surface area contributed by atoms with Gasteiger partial charge in [0.2, 0.25) is 0 Å². The second kappa shape index (κ2) is 3.53. The van der Waals surface area contributed by atoms with E-state index >= 15 is 0 Å². The number of allylic oxidation sites excluding steroid dienone is 1. The molecule has 3 nitrogen and oxygen atoms in total. The van der Waals surface area contributed by atoms with Gasteiger partial charge in [0.25, 0.3) is 5.91 Å². The van der Waals surface area contributed by atoms with Gasteiger partial charge in [-0.1, -0.05) is 6.58 Å². The molecule has 1 saturated heterocycles. The van der Waals surface area contributed by atoms with Crippen LogP contribution in [-0.2, 0) is 9.53 Å². The number of hydrogen-bond donors (Lipinski definition) is 1. The summed E-state index contributed by atoms with van der Waals surface area (Å²) in [4.78, 5) is 11.2. The van der Waals surface area contributed by atoms with E-state index in [4.69, 9.17) is 4.74 Å². The summed E-state index contributed by atoms with van der Waals surface area (Å²) in [5.41, 5.74) is 0.672. The minimum atomic E-state index is -0.244. The van der Waals surface area contributed by atoms with Gasteiger partial charge >= 0.3 is 0 Å². The number of carbonyl (C=O) groups is 1. The molecule has 11 heavy (non-hydrogen) atoms. The van der Waals surface area contributed by atoms with Crippen molar-refractivity contribution in [2.45, 2.75) is 25.9 Å². The van der Waals surface area contributed by atoms with Crippen LogP contribution in [0.15, 0.2) is 12.3 Å². The van der Waals surface area contributed by atoms with Crippen LogP contribution in [0.1, 0.15) is 19.8 Å². The highest BCUT2D eigenvalue weighted by Crippen LogP contribution is 2.11. The van der Waals surface area contributed by atoms with Crippen LogP contribution in [0.25, 0.3) is 0 Å². The Morgan fingerprint density at radius 3 is 2.91 bits per heavy atom. The van der Waals surface area contributed by atoms with Crippen LogP contribution in [0, 0.1) is 0 Å². The Labute approximate surface area is 66.4 Å². The average Bonchev–Trinajstić information content (AvgIpc) is 2.35. The summed E-state index contributed by atoms with van der Waals surface area (Å²) in [6.07, 6.45) is 1.57. The first-order chi connectivity index (χ1) is 5.20. The van der Waals surface area contributed by atoms with Crippen molar-refractivity contribution in [1.29, 1.82) is 0 Å². The minimum Gasteiger partial charge on any atom is -0.368 e. The molecule has 0 aromatic rings. The second-order valence-corrected chi connectivity index (χ2v) is 2.77. The Kier molecular flexibility index (Phi) is 2.65. The third kappa shape index (κ3) is 2.35. The van der Waals surface area contributed by atoms with Crippen LogP contribution in [0.2, 0.25) is 0 Å². The molecule has 1 unspecified atom stereocenters. The van der Waals surface area contributed by atoms with E-state index in [9.17, 15) is 4.79 Å². The van der Waals surface area contributed by atoms with Crippen LogP contribution in [0.4, 0.5) is 0 Å². The monoisotopic (exact) mass is 155 g/mol. The lowest BCUT2D eigenvalue weighted by Crippen LogP contribution is -2.32. The molecule has 1 atom stereocenters. The van der Waals surface area contributed by atoms with Crippen molar-refractivity contribution in [2.75, 3.05) is 6.61 Å². The summed E-state index contributed by atoms with van der Waals surface area (Å²) in [5, 5.41) is 2.63. The van der Waals surface area contributed by atoms with Gasteiger partial charge in [-0.15, -0.1) is 0 Å². The molecule has 1 rings (SSSR count). The first-order valence-electron chi connectivity index (χ1n) is 3.78. The van der Waals surface area contributed by atoms with Crippen LogP contribution in [0.3, 0.4) is 0 Å². The van der Waals surface area contributed by atoms with Gasteiger partial charge in [-0.3, -0.25) is 4.79 Å². The number of ether oxygens (including phenoxy) is 1. The predicted octanol–water partition coefficient (Wildman–Crippen LogP) is 0.815. The van der Waals surface area contributed by atoms with E-state index < -0.39 is 0 Å². The van der Waals surface area contributed by atoms with Gasteiger partial charge in [0, 0.05) is 12.3 Å². The molecule has 0 spiro atoms. The normalized spacial score (nSPS) is 23.2. The van der Waals surface area contributed by atoms with Crippen LogP contribution < -0.4 is 5.32 Å². The molecule has 0 aromatic carbocycles. The van der Waals surface area contributed by atoms with E-state index in [1.807, 2.05) is 0 Å². The smallest absolute Gasteiger partial charge is 0.253 e. The fourth-order valence-corrected chi connectivity index (χ4v) is 1.08. The Hall–Kier alpha value is -0.830. The van der Waals surface area contributed by atoms with Crippen molar-refractivity contribution in [1.82, 2.24) is 5.32 Å². The molecule has 0 bridgehead atoms. The molecule has 1 N–H and O–H groups in total. The fraction of sp³-hybridized carbons (Fsp3) is 0.625. The molecule has 1 aliphatic rings. The quantitative estimate of drug-likeness (QED) is 0.641. The molecule has 0 aromatic heterocycles. The summed E-state index contributed by atoms with van der Waals surface area (Å²) in [6, 6.07) is 0. The van der Waals surface area contributed by atoms with Crippen molar-refractivity contribution in [3.05, 3.63) is 12.3 Å². The highest BCUT2D eigenvalue weighted by atomic mass is 16.5. The summed E-state index contributed by atoms with van der Waals surface area (Å²) in [6.45, 7) is 6.04. The summed E-state index contributed by atoms with van der Waals surface area (Å²) in [5.74, 6) is -0.0602. The van der Waals surface area contributed by atoms with Gasteiger partial charge in [-0.2, -0.15) is 0 Å². The third-order valence-electron chi connectivity index (χ3n) is 1.56. The van der Waals surface area contributed by atoms with E-state index in [0.717, 1.165) is 12.8 Å². The lowest BCUT2D eigenvalue weighted by atomic mass is 10.2. The van der Waals surface area contributed by atoms with E-state index in [2.05, 4.69) is 11.9 Å². The van der Waals surface area contributed by atoms with Crippen molar-refractivity contribution in [2.24, 2.45) is 0 Å². The number of rotatable bonds is 2. The summed E-state index contributed by atoms with van der Waals surface area (Å²) < 4.78 is 5.16. The highest BCUT2D eigenvalue weighted by molar-refractivity contribution is 5.82. The van der Waals surface area contributed by atoms with Gasteiger partial charge in [0.05, 0.1) is 0 Å². The van der Waals surface area contributed by atoms with Gasteiger partial charge in [-0.25, -0.2) is 0 Å². The summed E-state index contributed by atoms with van der Waals surface area (Å²) >= 11 is 0. The largest absolute Gasteiger partial charge is 0.368 e. The molecule has 1 fully saturated rings. The van der Waals surface area contributed by atoms with Gasteiger partial charge in [-0.05, 0) is 19.8 Å². The maximum Gasteiger partial charge on any atom is 0.253 e. The number of carbonyl (C=O) groups excluding carboxylic acids is 1. The zero-order valence-corrected chi connectivity index (χ0v) is 6.72. The molecule has 3 heteroatoms. The third-order valence-corrected chi connectivity index (χ3v) is 1.56. The lowest BCUT2D eigenvalue weighted by Gasteiger charge is -2.08. The second-order valence-electron chi connectivity index (χ2n) is 2.77.